The highest BCUT2D eigenvalue weighted by atomic mass is 16.6. The van der Waals surface area contributed by atoms with Crippen LogP contribution < -0.4 is 16.4 Å². The number of hydrogen-bond acceptors (Lipinski definition) is 9. The van der Waals surface area contributed by atoms with E-state index in [1.807, 2.05) is 0 Å². The normalized spacial score (nSPS) is 12.8. The molecule has 0 aliphatic heterocycles. The number of aliphatic hydroxyl groups excluding tert-OH is 2. The first-order valence-corrected chi connectivity index (χ1v) is 15.8. The van der Waals surface area contributed by atoms with Gasteiger partial charge in [-0.2, -0.15) is 0 Å². The third kappa shape index (κ3) is 28.3. The fourth-order valence-electron chi connectivity index (χ4n) is 4.49. The Hall–Kier alpha value is -1.83. The number of ether oxygens (including phenoxy) is 3. The van der Waals surface area contributed by atoms with Gasteiger partial charge in [-0.15, -0.1) is 0 Å². The fourth-order valence-corrected chi connectivity index (χ4v) is 4.49. The molecule has 2 unspecified atom stereocenters. The fraction of sp³-hybridized carbons (Fsp3) is 0.900. The highest BCUT2D eigenvalue weighted by Gasteiger charge is 2.21. The van der Waals surface area contributed by atoms with Crippen molar-refractivity contribution >= 4 is 17.7 Å². The zero-order chi connectivity index (χ0) is 31.3. The predicted octanol–water partition coefficient (Wildman–Crippen LogP) is 2.40. The molecule has 0 aliphatic carbocycles. The average molecular weight is 606 g/mol. The van der Waals surface area contributed by atoms with Crippen LogP contribution in [0.2, 0.25) is 0 Å². The third-order valence-electron chi connectivity index (χ3n) is 6.92. The highest BCUT2D eigenvalue weighted by Crippen LogP contribution is 2.14. The zero-order valence-corrected chi connectivity index (χ0v) is 25.9. The lowest BCUT2D eigenvalue weighted by atomic mass is 10.0. The molecule has 0 radical (unpaired) electrons. The molecule has 2 atom stereocenters. The summed E-state index contributed by atoms with van der Waals surface area (Å²) in [6.07, 6.45) is 14.8. The van der Waals surface area contributed by atoms with Gasteiger partial charge in [0.15, 0.2) is 12.6 Å². The van der Waals surface area contributed by atoms with Crippen LogP contribution in [0.1, 0.15) is 116 Å². The van der Waals surface area contributed by atoms with Crippen LogP contribution in [0.15, 0.2) is 0 Å². The number of rotatable bonds is 31. The van der Waals surface area contributed by atoms with Crippen molar-refractivity contribution in [2.75, 3.05) is 40.1 Å². The first-order chi connectivity index (χ1) is 20.3. The number of carbonyl (C=O) groups is 3. The second-order valence-electron chi connectivity index (χ2n) is 10.8. The molecule has 0 spiro atoms. The summed E-state index contributed by atoms with van der Waals surface area (Å²) >= 11 is 0. The molecule has 0 saturated heterocycles. The molecule has 0 saturated carbocycles. The maximum Gasteiger partial charge on any atom is 0.243 e. The van der Waals surface area contributed by atoms with Gasteiger partial charge in [-0.1, -0.05) is 77.0 Å². The molecule has 12 heteroatoms. The van der Waals surface area contributed by atoms with Crippen LogP contribution in [0.5, 0.6) is 0 Å². The SMILES string of the molecule is COC(O)C(CCC(=O)NCCOCCOCC(N)=O)NC(=O)CCCCCCCCCCCCCCCCC(O)O. The molecule has 0 aromatic carbocycles. The van der Waals surface area contributed by atoms with Gasteiger partial charge >= 0.3 is 0 Å². The Morgan fingerprint density at radius 3 is 1.71 bits per heavy atom. The molecule has 0 heterocycles. The van der Waals surface area contributed by atoms with Gasteiger partial charge in [0, 0.05) is 26.5 Å². The van der Waals surface area contributed by atoms with Gasteiger partial charge in [-0.25, -0.2) is 0 Å². The molecule has 0 aromatic rings. The first kappa shape index (κ1) is 40.2. The Balaban J connectivity index is 3.75. The molecule has 12 nitrogen and oxygen atoms in total. The number of nitrogens with two attached hydrogens (primary N) is 1. The number of hydrogen-bond donors (Lipinski definition) is 6. The molecule has 3 amide bonds. The van der Waals surface area contributed by atoms with E-state index >= 15 is 0 Å². The van der Waals surface area contributed by atoms with E-state index in [9.17, 15) is 19.5 Å². The zero-order valence-electron chi connectivity index (χ0n) is 25.9. The lowest BCUT2D eigenvalue weighted by Crippen LogP contribution is -2.45. The lowest BCUT2D eigenvalue weighted by Gasteiger charge is -2.23. The summed E-state index contributed by atoms with van der Waals surface area (Å²) in [7, 11) is 1.35. The topological polar surface area (TPSA) is 190 Å². The lowest BCUT2D eigenvalue weighted by molar-refractivity contribution is -0.132. The number of aliphatic hydroxyl groups is 3. The van der Waals surface area contributed by atoms with Crippen molar-refractivity contribution in [2.24, 2.45) is 5.73 Å². The van der Waals surface area contributed by atoms with Crippen LogP contribution >= 0.6 is 0 Å². The maximum absolute atomic E-state index is 12.4. The number of methoxy groups -OCH3 is 1. The van der Waals surface area contributed by atoms with E-state index in [0.29, 0.717) is 19.4 Å². The van der Waals surface area contributed by atoms with Crippen LogP contribution in [-0.2, 0) is 28.6 Å². The van der Waals surface area contributed by atoms with Gasteiger partial charge < -0.3 is 45.9 Å². The summed E-state index contributed by atoms with van der Waals surface area (Å²) in [5, 5.41) is 33.3. The van der Waals surface area contributed by atoms with E-state index in [0.717, 1.165) is 32.1 Å². The quantitative estimate of drug-likeness (QED) is 0.0509. The number of amides is 3. The Morgan fingerprint density at radius 2 is 1.19 bits per heavy atom. The molecular weight excluding hydrogens is 546 g/mol. The summed E-state index contributed by atoms with van der Waals surface area (Å²) in [6, 6.07) is -0.674. The monoisotopic (exact) mass is 605 g/mol. The number of unbranched alkanes of at least 4 members (excludes halogenated alkanes) is 13. The molecular formula is C30H59N3O9. The van der Waals surface area contributed by atoms with Gasteiger partial charge in [0.25, 0.3) is 0 Å². The van der Waals surface area contributed by atoms with Crippen molar-refractivity contribution in [1.82, 2.24) is 10.6 Å². The molecule has 0 bridgehead atoms. The minimum Gasteiger partial charge on any atom is -0.377 e. The van der Waals surface area contributed by atoms with Crippen molar-refractivity contribution in [3.8, 4) is 0 Å². The van der Waals surface area contributed by atoms with E-state index in [-0.39, 0.29) is 51.1 Å². The molecule has 0 aliphatic rings. The van der Waals surface area contributed by atoms with Crippen molar-refractivity contribution in [1.29, 1.82) is 0 Å². The second kappa shape index (κ2) is 29.3. The maximum atomic E-state index is 12.4. The first-order valence-electron chi connectivity index (χ1n) is 15.8. The Bertz CT molecular complexity index is 668. The van der Waals surface area contributed by atoms with E-state index < -0.39 is 24.5 Å². The van der Waals surface area contributed by atoms with Gasteiger partial charge in [-0.3, -0.25) is 14.4 Å². The molecule has 248 valence electrons. The molecule has 42 heavy (non-hydrogen) atoms. The van der Waals surface area contributed by atoms with Crippen molar-refractivity contribution in [2.45, 2.75) is 134 Å². The van der Waals surface area contributed by atoms with Gasteiger partial charge in [0.05, 0.1) is 25.9 Å². The van der Waals surface area contributed by atoms with Crippen LogP contribution in [0.4, 0.5) is 0 Å². The summed E-state index contributed by atoms with van der Waals surface area (Å²) in [5.41, 5.74) is 4.96. The third-order valence-corrected chi connectivity index (χ3v) is 6.92. The second-order valence-corrected chi connectivity index (χ2v) is 10.8. The standard InChI is InChI=1S/C30H59N3O9/c1-40-30(39)25(18-19-27(35)32-20-21-41-22-23-42-24-26(31)34)33-28(36)16-14-12-10-8-6-4-2-3-5-7-9-11-13-15-17-29(37)38/h25,29-30,37-39H,2-24H2,1H3,(H2,31,34)(H,32,35)(H,33,36). The molecule has 7 N–H and O–H groups in total. The van der Waals surface area contributed by atoms with Crippen LogP contribution in [-0.4, -0.2) is 91.7 Å². The van der Waals surface area contributed by atoms with Crippen molar-refractivity contribution in [3.63, 3.8) is 0 Å². The Morgan fingerprint density at radius 1 is 0.667 bits per heavy atom. The van der Waals surface area contributed by atoms with Crippen LogP contribution in [0.3, 0.4) is 0 Å². The van der Waals surface area contributed by atoms with E-state index in [1.54, 1.807) is 0 Å². The minimum atomic E-state index is -1.20. The van der Waals surface area contributed by atoms with Crippen LogP contribution in [0, 0.1) is 0 Å². The summed E-state index contributed by atoms with van der Waals surface area (Å²) in [4.78, 5) is 35.0. The van der Waals surface area contributed by atoms with Crippen molar-refractivity contribution in [3.05, 3.63) is 0 Å². The average Bonchev–Trinajstić information content (AvgIpc) is 2.95. The largest absolute Gasteiger partial charge is 0.377 e. The van der Waals surface area contributed by atoms with Gasteiger partial charge in [0.2, 0.25) is 17.7 Å². The van der Waals surface area contributed by atoms with Crippen LogP contribution in [0.25, 0.3) is 0 Å². The summed E-state index contributed by atoms with van der Waals surface area (Å²) in [5.74, 6) is -0.925. The van der Waals surface area contributed by atoms with E-state index in [4.69, 9.17) is 30.2 Å². The Kier molecular flexibility index (Phi) is 28.0. The summed E-state index contributed by atoms with van der Waals surface area (Å²) in [6.45, 7) is 0.947. The minimum absolute atomic E-state index is 0.115. The van der Waals surface area contributed by atoms with E-state index in [1.165, 1.54) is 64.9 Å². The predicted molar refractivity (Wildman–Crippen MR) is 160 cm³/mol. The van der Waals surface area contributed by atoms with Gasteiger partial charge in [-0.05, 0) is 25.7 Å². The summed E-state index contributed by atoms with van der Waals surface area (Å²) < 4.78 is 15.2. The number of nitrogens with one attached hydrogen (secondary N) is 2. The molecule has 0 rings (SSSR count). The number of primary amides is 1. The van der Waals surface area contributed by atoms with Gasteiger partial charge in [0.1, 0.15) is 6.61 Å². The smallest absolute Gasteiger partial charge is 0.243 e. The van der Waals surface area contributed by atoms with E-state index in [2.05, 4.69) is 10.6 Å². The van der Waals surface area contributed by atoms with Crippen molar-refractivity contribution < 1.29 is 43.9 Å². The molecule has 0 aromatic heterocycles. The number of carbonyl (C=O) groups excluding carboxylic acids is 3. The molecule has 0 fully saturated rings. The highest BCUT2D eigenvalue weighted by molar-refractivity contribution is 5.77. The Labute approximate surface area is 252 Å².